The van der Waals surface area contributed by atoms with Gasteiger partial charge in [-0.25, -0.2) is 14.4 Å². The van der Waals surface area contributed by atoms with Crippen LogP contribution in [0.5, 0.6) is 0 Å². The number of hydrogen-bond donors (Lipinski definition) is 1. The van der Waals surface area contributed by atoms with Gasteiger partial charge in [-0.1, -0.05) is 0 Å². The first-order valence-electron chi connectivity index (χ1n) is 13.4. The highest BCUT2D eigenvalue weighted by molar-refractivity contribution is 5.93. The first-order valence-corrected chi connectivity index (χ1v) is 13.4. The van der Waals surface area contributed by atoms with Crippen molar-refractivity contribution in [3.05, 3.63) is 36.3 Å². The van der Waals surface area contributed by atoms with E-state index in [2.05, 4.69) is 20.3 Å². The summed E-state index contributed by atoms with van der Waals surface area (Å²) in [4.78, 5) is 26.0. The van der Waals surface area contributed by atoms with E-state index in [1.165, 1.54) is 0 Å². The number of carbonyl (C=O) groups excluding carboxylic acids is 1. The van der Waals surface area contributed by atoms with Crippen molar-refractivity contribution >= 4 is 22.6 Å². The van der Waals surface area contributed by atoms with Crippen molar-refractivity contribution < 1.29 is 22.4 Å². The van der Waals surface area contributed by atoms with Crippen molar-refractivity contribution in [2.75, 3.05) is 44.7 Å². The maximum Gasteiger partial charge on any atom is 0.395 e. The predicted molar refractivity (Wildman–Crippen MR) is 138 cm³/mol. The van der Waals surface area contributed by atoms with Crippen LogP contribution in [0.1, 0.15) is 31.4 Å². The number of amides is 1. The quantitative estimate of drug-likeness (QED) is 0.447. The smallest absolute Gasteiger partial charge is 0.310 e. The first-order chi connectivity index (χ1) is 18.7. The highest BCUT2D eigenvalue weighted by Crippen LogP contribution is 2.58. The van der Waals surface area contributed by atoms with Gasteiger partial charge in [0, 0.05) is 55.3 Å². The molecule has 3 aliphatic rings. The molecule has 12 heteroatoms. The fraction of sp³-hybridized carbons (Fsp3) is 0.556. The number of hydrogen-bond acceptors (Lipinski definition) is 6. The van der Waals surface area contributed by atoms with E-state index in [1.54, 1.807) is 18.5 Å². The lowest BCUT2D eigenvalue weighted by molar-refractivity contribution is -0.192. The number of nitrogens with zero attached hydrogens (tertiary/aromatic N) is 6. The van der Waals surface area contributed by atoms with Crippen molar-refractivity contribution in [2.24, 2.45) is 11.3 Å². The molecule has 3 aromatic rings. The SMILES string of the molecule is O=C(Nc1cc2nc(-c3cnn4c3CN(CCF)CC4)ccc2cn1)C1CCN(CC2(C(F)(F)F)CC2)CC1. The van der Waals surface area contributed by atoms with Gasteiger partial charge in [-0.15, -0.1) is 0 Å². The summed E-state index contributed by atoms with van der Waals surface area (Å²) in [6, 6.07) is 5.57. The Hall–Kier alpha value is -3.12. The van der Waals surface area contributed by atoms with Gasteiger partial charge in [0.25, 0.3) is 0 Å². The molecule has 208 valence electrons. The third-order valence-electron chi connectivity index (χ3n) is 8.39. The Morgan fingerprint density at radius 2 is 1.87 bits per heavy atom. The molecule has 5 heterocycles. The molecule has 1 saturated heterocycles. The van der Waals surface area contributed by atoms with Gasteiger partial charge in [-0.3, -0.25) is 14.4 Å². The number of aromatic nitrogens is 4. The molecule has 3 aromatic heterocycles. The zero-order valence-electron chi connectivity index (χ0n) is 21.6. The zero-order chi connectivity index (χ0) is 27.2. The molecule has 2 aliphatic heterocycles. The molecule has 0 radical (unpaired) electrons. The Morgan fingerprint density at radius 1 is 1.08 bits per heavy atom. The van der Waals surface area contributed by atoms with E-state index in [1.807, 2.05) is 21.7 Å². The van der Waals surface area contributed by atoms with E-state index < -0.39 is 18.3 Å². The lowest BCUT2D eigenvalue weighted by Gasteiger charge is -2.34. The topological polar surface area (TPSA) is 79.2 Å². The lowest BCUT2D eigenvalue weighted by atomic mass is 9.94. The summed E-state index contributed by atoms with van der Waals surface area (Å²) < 4.78 is 54.8. The Labute approximate surface area is 223 Å². The van der Waals surface area contributed by atoms with E-state index in [0.717, 1.165) is 28.9 Å². The highest BCUT2D eigenvalue weighted by atomic mass is 19.4. The van der Waals surface area contributed by atoms with Crippen molar-refractivity contribution in [2.45, 2.75) is 44.9 Å². The minimum absolute atomic E-state index is 0.0274. The molecule has 1 saturated carbocycles. The maximum absolute atomic E-state index is 13.3. The number of halogens is 4. The number of alkyl halides is 4. The summed E-state index contributed by atoms with van der Waals surface area (Å²) in [5, 5.41) is 8.19. The van der Waals surface area contributed by atoms with Crippen LogP contribution < -0.4 is 5.32 Å². The van der Waals surface area contributed by atoms with Crippen molar-refractivity contribution in [1.82, 2.24) is 29.5 Å². The van der Waals surface area contributed by atoms with Crippen LogP contribution in [0.2, 0.25) is 0 Å². The number of piperidine rings is 1. The number of likely N-dealkylation sites (tertiary alicyclic amines) is 1. The Balaban J connectivity index is 1.11. The number of anilines is 1. The second-order valence-electron chi connectivity index (χ2n) is 11.0. The van der Waals surface area contributed by atoms with Crippen LogP contribution in [-0.2, 0) is 17.9 Å². The van der Waals surface area contributed by atoms with Gasteiger partial charge in [0.1, 0.15) is 12.5 Å². The lowest BCUT2D eigenvalue weighted by Crippen LogP contribution is -2.44. The Morgan fingerprint density at radius 3 is 2.59 bits per heavy atom. The van der Waals surface area contributed by atoms with E-state index in [4.69, 9.17) is 4.98 Å². The van der Waals surface area contributed by atoms with Gasteiger partial charge in [0.05, 0.1) is 35.1 Å². The van der Waals surface area contributed by atoms with Crippen LogP contribution in [0, 0.1) is 11.3 Å². The Kier molecular flexibility index (Phi) is 6.78. The number of rotatable bonds is 7. The summed E-state index contributed by atoms with van der Waals surface area (Å²) >= 11 is 0. The highest BCUT2D eigenvalue weighted by Gasteiger charge is 2.63. The molecule has 39 heavy (non-hydrogen) atoms. The number of nitrogens with one attached hydrogen (secondary N) is 1. The van der Waals surface area contributed by atoms with E-state index in [-0.39, 0.29) is 31.2 Å². The summed E-state index contributed by atoms with van der Waals surface area (Å²) in [5.74, 6) is -0.0571. The molecule has 1 aliphatic carbocycles. The fourth-order valence-corrected chi connectivity index (χ4v) is 5.75. The van der Waals surface area contributed by atoms with Crippen LogP contribution in [0.3, 0.4) is 0 Å². The molecule has 1 amide bonds. The van der Waals surface area contributed by atoms with Crippen molar-refractivity contribution in [1.29, 1.82) is 0 Å². The van der Waals surface area contributed by atoms with Gasteiger partial charge in [-0.05, 0) is 50.9 Å². The second-order valence-corrected chi connectivity index (χ2v) is 11.0. The average Bonchev–Trinajstić information content (AvgIpc) is 3.60. The molecule has 8 nitrogen and oxygen atoms in total. The molecular weight excluding hydrogens is 514 g/mol. The van der Waals surface area contributed by atoms with Crippen LogP contribution in [0.4, 0.5) is 23.4 Å². The third-order valence-corrected chi connectivity index (χ3v) is 8.39. The van der Waals surface area contributed by atoms with Gasteiger partial charge in [0.2, 0.25) is 5.91 Å². The normalized spacial score (nSPS) is 20.2. The van der Waals surface area contributed by atoms with Gasteiger partial charge in [0.15, 0.2) is 0 Å². The summed E-state index contributed by atoms with van der Waals surface area (Å²) in [6.45, 7) is 3.03. The van der Waals surface area contributed by atoms with E-state index in [9.17, 15) is 22.4 Å². The summed E-state index contributed by atoms with van der Waals surface area (Å²) in [5.41, 5.74) is 1.76. The van der Waals surface area contributed by atoms with Crippen molar-refractivity contribution in [3.63, 3.8) is 0 Å². The number of pyridine rings is 2. The number of fused-ring (bicyclic) bond motifs is 2. The largest absolute Gasteiger partial charge is 0.395 e. The molecule has 0 bridgehead atoms. The minimum Gasteiger partial charge on any atom is -0.310 e. The van der Waals surface area contributed by atoms with Gasteiger partial charge in [-0.2, -0.15) is 18.3 Å². The molecule has 1 N–H and O–H groups in total. The molecule has 0 spiro atoms. The maximum atomic E-state index is 13.3. The third kappa shape index (κ3) is 5.23. The minimum atomic E-state index is -4.16. The van der Waals surface area contributed by atoms with Crippen LogP contribution in [0.25, 0.3) is 22.2 Å². The van der Waals surface area contributed by atoms with E-state index in [0.29, 0.717) is 56.9 Å². The Bertz CT molecular complexity index is 1360. The standard InChI is InChI=1S/C27H31F4N7O/c28-7-10-36-11-12-38-23(16-36)20(15-33-38)21-2-1-19-14-32-24(13-22(19)34-21)35-25(39)18-3-8-37(9-4-18)17-26(5-6-26)27(29,30)31/h1-2,13-15,18H,3-12,16-17H2,(H,32,35,39). The average molecular weight is 546 g/mol. The van der Waals surface area contributed by atoms with Gasteiger partial charge >= 0.3 is 6.18 Å². The molecule has 6 rings (SSSR count). The monoisotopic (exact) mass is 545 g/mol. The molecule has 0 unspecified atom stereocenters. The molecule has 0 atom stereocenters. The van der Waals surface area contributed by atoms with Crippen molar-refractivity contribution in [3.8, 4) is 11.3 Å². The second kappa shape index (κ2) is 10.1. The first kappa shape index (κ1) is 26.1. The number of carbonyl (C=O) groups is 1. The molecule has 2 fully saturated rings. The zero-order valence-corrected chi connectivity index (χ0v) is 21.6. The summed E-state index contributed by atoms with van der Waals surface area (Å²) in [7, 11) is 0. The molecular formula is C27H31F4N7O. The van der Waals surface area contributed by atoms with Crippen LogP contribution in [0.15, 0.2) is 30.6 Å². The van der Waals surface area contributed by atoms with E-state index >= 15 is 0 Å². The fourth-order valence-electron chi connectivity index (χ4n) is 5.75. The molecule has 0 aromatic carbocycles. The van der Waals surface area contributed by atoms with Gasteiger partial charge < -0.3 is 10.2 Å². The van der Waals surface area contributed by atoms with Crippen LogP contribution in [-0.4, -0.2) is 81.0 Å². The predicted octanol–water partition coefficient (Wildman–Crippen LogP) is 4.27. The van der Waals surface area contributed by atoms with Crippen LogP contribution >= 0.6 is 0 Å². The summed E-state index contributed by atoms with van der Waals surface area (Å²) in [6.07, 6.45) is 0.711.